The summed E-state index contributed by atoms with van der Waals surface area (Å²) in [5.41, 5.74) is 3.25. The van der Waals surface area contributed by atoms with Crippen molar-refractivity contribution in [1.29, 1.82) is 0 Å². The van der Waals surface area contributed by atoms with E-state index in [4.69, 9.17) is 22.1 Å². The number of primary amides is 1. The summed E-state index contributed by atoms with van der Waals surface area (Å²) < 4.78 is 48.3. The number of hydrogen-bond acceptors (Lipinski definition) is 4. The number of fused-ring (bicyclic) bond motifs is 2. The molecule has 6 nitrogen and oxygen atoms in total. The number of H-pyrrole nitrogens is 1. The van der Waals surface area contributed by atoms with Gasteiger partial charge in [0.1, 0.15) is 11.4 Å². The van der Waals surface area contributed by atoms with Crippen LogP contribution in [0.4, 0.5) is 13.2 Å². The third kappa shape index (κ3) is 4.39. The number of rotatable bonds is 6. The summed E-state index contributed by atoms with van der Waals surface area (Å²) in [4.78, 5) is 18.3. The summed E-state index contributed by atoms with van der Waals surface area (Å²) in [5, 5.41) is 11.4. The Hall–Kier alpha value is -2.78. The predicted octanol–water partition coefficient (Wildman–Crippen LogP) is 4.45. The third-order valence-electron chi connectivity index (χ3n) is 6.01. The van der Waals surface area contributed by atoms with E-state index < -0.39 is 35.9 Å². The van der Waals surface area contributed by atoms with Crippen molar-refractivity contribution in [3.05, 3.63) is 57.9 Å². The number of carbonyl (C=O) groups excluding carboxylic acids is 1. The van der Waals surface area contributed by atoms with Gasteiger partial charge < -0.3 is 20.6 Å². The topological polar surface area (TPSA) is 101 Å². The number of halogens is 4. The lowest BCUT2D eigenvalue weighted by atomic mass is 9.73. The maximum atomic E-state index is 14.2. The number of nitrogens with one attached hydrogen (secondary N) is 1. The van der Waals surface area contributed by atoms with Crippen molar-refractivity contribution in [3.8, 4) is 5.75 Å². The predicted molar refractivity (Wildman–Crippen MR) is 118 cm³/mol. The van der Waals surface area contributed by atoms with Crippen LogP contribution in [-0.4, -0.2) is 39.4 Å². The highest BCUT2D eigenvalue weighted by Crippen LogP contribution is 2.47. The van der Waals surface area contributed by atoms with Crippen LogP contribution in [0.2, 0.25) is 5.02 Å². The number of pyridine rings is 1. The number of ether oxygens (including phenoxy) is 1. The molecule has 4 N–H and O–H groups in total. The fourth-order valence-electron chi connectivity index (χ4n) is 4.47. The van der Waals surface area contributed by atoms with Crippen LogP contribution in [0.15, 0.2) is 30.3 Å². The number of benzene rings is 1. The van der Waals surface area contributed by atoms with Gasteiger partial charge >= 0.3 is 6.18 Å². The molecule has 1 aliphatic rings. The first kappa shape index (κ1) is 23.4. The van der Waals surface area contributed by atoms with E-state index in [0.29, 0.717) is 34.9 Å². The lowest BCUT2D eigenvalue weighted by Crippen LogP contribution is -2.51. The Balaban J connectivity index is 1.70. The number of aliphatic hydroxyl groups is 1. The summed E-state index contributed by atoms with van der Waals surface area (Å²) in [6.07, 6.45) is -5.66. The van der Waals surface area contributed by atoms with Crippen molar-refractivity contribution in [3.63, 3.8) is 0 Å². The molecule has 0 saturated carbocycles. The van der Waals surface area contributed by atoms with Gasteiger partial charge in [-0.1, -0.05) is 25.4 Å². The number of nitrogens with zero attached hydrogens (tertiary/aromatic N) is 1. The van der Waals surface area contributed by atoms with Crippen LogP contribution >= 0.6 is 11.6 Å². The molecule has 0 fully saturated rings. The molecule has 1 unspecified atom stereocenters. The van der Waals surface area contributed by atoms with Crippen LogP contribution in [-0.2, 0) is 18.3 Å². The van der Waals surface area contributed by atoms with E-state index in [1.165, 1.54) is 18.2 Å². The van der Waals surface area contributed by atoms with Gasteiger partial charge in [0.05, 0.1) is 17.6 Å². The standard InChI is InChI=1S/C23H23ClF3N3O3/c1-21(2,15-8-13(24)7-12-5-6-33-19(12)15)11-22(32,23(25,26)27)10-14-9-18-16(29-14)3-4-17(30-18)20(28)31/h3-4,7-9,29,32H,5-6,10-11H2,1-2H3,(H2,28,31). The van der Waals surface area contributed by atoms with E-state index in [1.807, 2.05) is 0 Å². The van der Waals surface area contributed by atoms with E-state index in [2.05, 4.69) is 9.97 Å². The minimum Gasteiger partial charge on any atom is -0.493 e. The number of aromatic amines is 1. The molecule has 3 aromatic rings. The molecule has 0 bridgehead atoms. The summed E-state index contributed by atoms with van der Waals surface area (Å²) in [6, 6.07) is 7.61. The Morgan fingerprint density at radius 2 is 2.00 bits per heavy atom. The molecule has 0 aliphatic carbocycles. The minimum atomic E-state index is -4.92. The van der Waals surface area contributed by atoms with Gasteiger partial charge in [0.15, 0.2) is 5.60 Å². The van der Waals surface area contributed by atoms with Crippen molar-refractivity contribution in [1.82, 2.24) is 9.97 Å². The van der Waals surface area contributed by atoms with Gasteiger partial charge in [-0.25, -0.2) is 4.98 Å². The second-order valence-electron chi connectivity index (χ2n) is 9.09. The molecule has 176 valence electrons. The average molecular weight is 482 g/mol. The molecule has 2 aromatic heterocycles. The Bertz CT molecular complexity index is 1240. The first-order valence-corrected chi connectivity index (χ1v) is 10.7. The molecule has 3 heterocycles. The molecule has 0 spiro atoms. The summed E-state index contributed by atoms with van der Waals surface area (Å²) in [6.45, 7) is 3.68. The van der Waals surface area contributed by atoms with Crippen LogP contribution < -0.4 is 10.5 Å². The molecular formula is C23H23ClF3N3O3. The maximum Gasteiger partial charge on any atom is 0.417 e. The van der Waals surface area contributed by atoms with Crippen molar-refractivity contribution in [2.75, 3.05) is 6.61 Å². The minimum absolute atomic E-state index is 0.00456. The highest BCUT2D eigenvalue weighted by atomic mass is 35.5. The van der Waals surface area contributed by atoms with Crippen LogP contribution in [0.3, 0.4) is 0 Å². The van der Waals surface area contributed by atoms with Gasteiger partial charge in [0.25, 0.3) is 5.91 Å². The van der Waals surface area contributed by atoms with Crippen LogP contribution in [0.5, 0.6) is 5.75 Å². The zero-order chi connectivity index (χ0) is 24.2. The summed E-state index contributed by atoms with van der Waals surface area (Å²) in [5.74, 6) is -0.216. The molecule has 0 saturated heterocycles. The molecule has 4 rings (SSSR count). The Morgan fingerprint density at radius 3 is 2.67 bits per heavy atom. The van der Waals surface area contributed by atoms with E-state index in [1.54, 1.807) is 26.0 Å². The second kappa shape index (κ2) is 7.92. The maximum absolute atomic E-state index is 14.2. The monoisotopic (exact) mass is 481 g/mol. The van der Waals surface area contributed by atoms with Gasteiger partial charge in [-0.2, -0.15) is 13.2 Å². The Kier molecular flexibility index (Phi) is 5.61. The first-order chi connectivity index (χ1) is 15.3. The van der Waals surface area contributed by atoms with E-state index >= 15 is 0 Å². The molecule has 1 aliphatic heterocycles. The van der Waals surface area contributed by atoms with E-state index in [9.17, 15) is 23.1 Å². The van der Waals surface area contributed by atoms with Gasteiger partial charge in [0.2, 0.25) is 0 Å². The highest BCUT2D eigenvalue weighted by Gasteiger charge is 2.56. The SMILES string of the molecule is CC(C)(CC(O)(Cc1cc2nc(C(N)=O)ccc2[nH]1)C(F)(F)F)c1cc(Cl)cc2c1OCC2. The fraction of sp³-hybridized carbons (Fsp3) is 0.391. The summed E-state index contributed by atoms with van der Waals surface area (Å²) in [7, 11) is 0. The van der Waals surface area contributed by atoms with Gasteiger partial charge in [-0.15, -0.1) is 0 Å². The van der Waals surface area contributed by atoms with Crippen molar-refractivity contribution >= 4 is 28.5 Å². The largest absolute Gasteiger partial charge is 0.493 e. The van der Waals surface area contributed by atoms with Crippen LogP contribution in [0, 0.1) is 0 Å². The normalized spacial score (nSPS) is 15.8. The first-order valence-electron chi connectivity index (χ1n) is 10.3. The van der Waals surface area contributed by atoms with Crippen molar-refractivity contribution < 1.29 is 27.8 Å². The van der Waals surface area contributed by atoms with E-state index in [-0.39, 0.29) is 16.9 Å². The number of alkyl halides is 3. The molecule has 1 atom stereocenters. The number of aromatic nitrogens is 2. The average Bonchev–Trinajstić information content (AvgIpc) is 3.30. The molecule has 0 radical (unpaired) electrons. The number of amides is 1. The molecule has 1 amide bonds. The number of nitrogens with two attached hydrogens (primary N) is 1. The van der Waals surface area contributed by atoms with Crippen molar-refractivity contribution in [2.24, 2.45) is 5.73 Å². The highest BCUT2D eigenvalue weighted by molar-refractivity contribution is 6.30. The number of hydrogen-bond donors (Lipinski definition) is 3. The lowest BCUT2D eigenvalue weighted by Gasteiger charge is -2.38. The van der Waals surface area contributed by atoms with Crippen LogP contribution in [0.25, 0.3) is 11.0 Å². The second-order valence-corrected chi connectivity index (χ2v) is 9.53. The number of carbonyl (C=O) groups is 1. The van der Waals surface area contributed by atoms with Crippen LogP contribution in [0.1, 0.15) is 47.6 Å². The Labute approximate surface area is 192 Å². The van der Waals surface area contributed by atoms with E-state index in [0.717, 1.165) is 5.56 Å². The Morgan fingerprint density at radius 1 is 1.27 bits per heavy atom. The lowest BCUT2D eigenvalue weighted by molar-refractivity contribution is -0.266. The zero-order valence-electron chi connectivity index (χ0n) is 18.0. The molecule has 1 aromatic carbocycles. The van der Waals surface area contributed by atoms with Crippen molar-refractivity contribution in [2.45, 2.75) is 50.3 Å². The van der Waals surface area contributed by atoms with Gasteiger partial charge in [-0.05, 0) is 47.7 Å². The fourth-order valence-corrected chi connectivity index (χ4v) is 4.71. The zero-order valence-corrected chi connectivity index (χ0v) is 18.8. The molecule has 33 heavy (non-hydrogen) atoms. The summed E-state index contributed by atoms with van der Waals surface area (Å²) >= 11 is 6.22. The van der Waals surface area contributed by atoms with Gasteiger partial charge in [0, 0.05) is 29.1 Å². The van der Waals surface area contributed by atoms with Gasteiger partial charge in [-0.3, -0.25) is 4.79 Å². The smallest absolute Gasteiger partial charge is 0.417 e. The third-order valence-corrected chi connectivity index (χ3v) is 6.22. The quantitative estimate of drug-likeness (QED) is 0.484. The molecule has 10 heteroatoms. The molecular weight excluding hydrogens is 459 g/mol.